The first kappa shape index (κ1) is 19.8. The molecule has 4 heterocycles. The van der Waals surface area contributed by atoms with Crippen LogP contribution in [0.5, 0.6) is 0 Å². The first-order valence-corrected chi connectivity index (χ1v) is 10.5. The molecule has 0 radical (unpaired) electrons. The maximum atomic E-state index is 14.4. The average Bonchev–Trinajstić information content (AvgIpc) is 2.71. The summed E-state index contributed by atoms with van der Waals surface area (Å²) in [6.07, 6.45) is 8.99. The normalized spacial score (nSPS) is 15.9. The Morgan fingerprint density at radius 2 is 2.00 bits per heavy atom. The van der Waals surface area contributed by atoms with Crippen molar-refractivity contribution in [2.75, 3.05) is 17.7 Å². The molecule has 27 heavy (non-hydrogen) atoms. The van der Waals surface area contributed by atoms with Gasteiger partial charge in [-0.15, -0.1) is 0 Å². The van der Waals surface area contributed by atoms with E-state index >= 15 is 0 Å². The zero-order valence-electron chi connectivity index (χ0n) is 15.5. The summed E-state index contributed by atoms with van der Waals surface area (Å²) in [7, 11) is 0. The molecule has 5 nitrogen and oxygen atoms in total. The molecule has 0 bridgehead atoms. The smallest absolute Gasteiger partial charge is 0.187 e. The Kier molecular flexibility index (Phi) is 6.44. The third-order valence-electron chi connectivity index (χ3n) is 4.42. The van der Waals surface area contributed by atoms with Crippen LogP contribution in [0.3, 0.4) is 0 Å². The molecule has 0 spiro atoms. The minimum Gasteiger partial charge on any atom is -0.352 e. The molecule has 1 aliphatic rings. The molecule has 0 aromatic carbocycles. The van der Waals surface area contributed by atoms with Crippen LogP contribution < -0.4 is 4.90 Å². The number of anilines is 1. The molecule has 3 aromatic rings. The maximum absolute atomic E-state index is 14.4. The van der Waals surface area contributed by atoms with Crippen molar-refractivity contribution in [2.24, 2.45) is 0 Å². The summed E-state index contributed by atoms with van der Waals surface area (Å²) in [6.45, 7) is 4.85. The molecular weight excluding hydrogens is 385 g/mol. The van der Waals surface area contributed by atoms with E-state index in [0.717, 1.165) is 19.4 Å². The number of fused-ring (bicyclic) bond motifs is 1. The number of halogens is 2. The predicted molar refractivity (Wildman–Crippen MR) is 109 cm³/mol. The lowest BCUT2D eigenvalue weighted by Crippen LogP contribution is -2.49. The zero-order chi connectivity index (χ0) is 19.4. The van der Waals surface area contributed by atoms with Crippen LogP contribution in [-0.4, -0.2) is 38.8 Å². The summed E-state index contributed by atoms with van der Waals surface area (Å²) in [5, 5.41) is 0.957. The molecule has 0 saturated carbocycles. The number of hydrogen-bond donors (Lipinski definition) is 0. The number of nitrogens with zero attached hydrogens (tertiary/aromatic N) is 5. The SMILES string of the molecule is CC.CSc1ncc2c(N3CCC3Cc3ccncc3)nc(Cl)c(F)c2n1. The van der Waals surface area contributed by atoms with Gasteiger partial charge in [-0.1, -0.05) is 37.2 Å². The van der Waals surface area contributed by atoms with Gasteiger partial charge in [0.25, 0.3) is 0 Å². The molecule has 4 rings (SSSR count). The van der Waals surface area contributed by atoms with Crippen molar-refractivity contribution < 1.29 is 4.39 Å². The van der Waals surface area contributed by atoms with Gasteiger partial charge in [0.15, 0.2) is 16.1 Å². The van der Waals surface area contributed by atoms with Crippen molar-refractivity contribution >= 4 is 40.1 Å². The quantitative estimate of drug-likeness (QED) is 0.353. The third kappa shape index (κ3) is 3.99. The molecule has 1 unspecified atom stereocenters. The van der Waals surface area contributed by atoms with Crippen molar-refractivity contribution in [3.8, 4) is 0 Å². The van der Waals surface area contributed by atoms with Crippen LogP contribution >= 0.6 is 23.4 Å². The molecule has 1 saturated heterocycles. The van der Waals surface area contributed by atoms with Crippen LogP contribution in [0, 0.1) is 5.82 Å². The van der Waals surface area contributed by atoms with Gasteiger partial charge in [-0.3, -0.25) is 4.98 Å². The fraction of sp³-hybridized carbons (Fsp3) is 0.368. The third-order valence-corrected chi connectivity index (χ3v) is 5.23. The summed E-state index contributed by atoms with van der Waals surface area (Å²) in [5.41, 5.74) is 1.44. The largest absolute Gasteiger partial charge is 0.352 e. The summed E-state index contributed by atoms with van der Waals surface area (Å²) in [6, 6.07) is 4.31. The van der Waals surface area contributed by atoms with Crippen LogP contribution in [0.15, 0.2) is 35.9 Å². The number of pyridine rings is 2. The highest BCUT2D eigenvalue weighted by atomic mass is 35.5. The van der Waals surface area contributed by atoms with E-state index in [1.54, 1.807) is 18.6 Å². The van der Waals surface area contributed by atoms with Gasteiger partial charge < -0.3 is 4.90 Å². The monoisotopic (exact) mass is 405 g/mol. The van der Waals surface area contributed by atoms with Crippen molar-refractivity contribution in [1.82, 2.24) is 19.9 Å². The highest BCUT2D eigenvalue weighted by Gasteiger charge is 2.32. The van der Waals surface area contributed by atoms with Gasteiger partial charge in [-0.05, 0) is 36.8 Å². The number of aromatic nitrogens is 4. The Labute approximate surface area is 167 Å². The van der Waals surface area contributed by atoms with E-state index in [0.29, 0.717) is 22.4 Å². The van der Waals surface area contributed by atoms with Crippen LogP contribution in [0.1, 0.15) is 25.8 Å². The van der Waals surface area contributed by atoms with E-state index in [9.17, 15) is 4.39 Å². The van der Waals surface area contributed by atoms with E-state index < -0.39 is 5.82 Å². The molecular formula is C19H21ClFN5S. The zero-order valence-corrected chi connectivity index (χ0v) is 17.1. The van der Waals surface area contributed by atoms with E-state index in [4.69, 9.17) is 11.6 Å². The Hall–Kier alpha value is -1.99. The first-order chi connectivity index (χ1) is 13.2. The minimum atomic E-state index is -0.593. The van der Waals surface area contributed by atoms with E-state index in [2.05, 4.69) is 24.8 Å². The summed E-state index contributed by atoms with van der Waals surface area (Å²) >= 11 is 7.40. The maximum Gasteiger partial charge on any atom is 0.187 e. The van der Waals surface area contributed by atoms with Crippen LogP contribution in [0.2, 0.25) is 5.15 Å². The van der Waals surface area contributed by atoms with Crippen LogP contribution in [0.25, 0.3) is 10.9 Å². The standard InChI is InChI=1S/C17H15ClFN5S.C2H6/c1-25-17-21-9-12-14(22-17)13(19)15(18)23-16(12)24-7-4-11(24)8-10-2-5-20-6-3-10;1-2/h2-3,5-6,9,11H,4,7-8H2,1H3;1-2H3. The molecule has 1 aliphatic heterocycles. The van der Waals surface area contributed by atoms with Gasteiger partial charge in [0.05, 0.1) is 5.39 Å². The Bertz CT molecular complexity index is 925. The lowest BCUT2D eigenvalue weighted by atomic mass is 9.95. The van der Waals surface area contributed by atoms with Crippen molar-refractivity contribution in [1.29, 1.82) is 0 Å². The minimum absolute atomic E-state index is 0.150. The van der Waals surface area contributed by atoms with E-state index in [1.807, 2.05) is 32.2 Å². The fourth-order valence-corrected chi connectivity index (χ4v) is 3.55. The van der Waals surface area contributed by atoms with Gasteiger partial charge in [0.2, 0.25) is 0 Å². The van der Waals surface area contributed by atoms with Crippen molar-refractivity contribution in [3.63, 3.8) is 0 Å². The second kappa shape index (κ2) is 8.80. The topological polar surface area (TPSA) is 54.8 Å². The molecule has 0 N–H and O–H groups in total. The Balaban J connectivity index is 0.00000102. The molecule has 142 valence electrons. The molecule has 0 aliphatic carbocycles. The molecule has 8 heteroatoms. The van der Waals surface area contributed by atoms with Gasteiger partial charge >= 0.3 is 0 Å². The van der Waals surface area contributed by atoms with Crippen LogP contribution in [-0.2, 0) is 6.42 Å². The second-order valence-corrected chi connectivity index (χ2v) is 6.99. The molecule has 0 amide bonds. The number of rotatable bonds is 4. The average molecular weight is 406 g/mol. The first-order valence-electron chi connectivity index (χ1n) is 8.88. The number of hydrogen-bond acceptors (Lipinski definition) is 6. The predicted octanol–water partition coefficient (Wildman–Crippen LogP) is 4.78. The van der Waals surface area contributed by atoms with E-state index in [-0.39, 0.29) is 10.7 Å². The Morgan fingerprint density at radius 3 is 2.63 bits per heavy atom. The summed E-state index contributed by atoms with van der Waals surface area (Å²) in [4.78, 5) is 19.0. The summed E-state index contributed by atoms with van der Waals surface area (Å²) in [5.74, 6) is 0.0590. The summed E-state index contributed by atoms with van der Waals surface area (Å²) < 4.78 is 14.4. The second-order valence-electron chi connectivity index (χ2n) is 5.85. The van der Waals surface area contributed by atoms with Crippen LogP contribution in [0.4, 0.5) is 10.2 Å². The Morgan fingerprint density at radius 1 is 1.26 bits per heavy atom. The van der Waals surface area contributed by atoms with E-state index in [1.165, 1.54) is 17.3 Å². The molecule has 1 atom stereocenters. The lowest BCUT2D eigenvalue weighted by molar-refractivity contribution is 0.442. The van der Waals surface area contributed by atoms with Crippen molar-refractivity contribution in [3.05, 3.63) is 47.3 Å². The van der Waals surface area contributed by atoms with Gasteiger partial charge in [0, 0.05) is 31.2 Å². The lowest BCUT2D eigenvalue weighted by Gasteiger charge is -2.42. The fourth-order valence-electron chi connectivity index (χ4n) is 3.04. The number of thioether (sulfide) groups is 1. The van der Waals surface area contributed by atoms with Gasteiger partial charge in [-0.25, -0.2) is 19.3 Å². The molecule has 1 fully saturated rings. The highest BCUT2D eigenvalue weighted by molar-refractivity contribution is 7.98. The van der Waals surface area contributed by atoms with Gasteiger partial charge in [-0.2, -0.15) is 0 Å². The van der Waals surface area contributed by atoms with Gasteiger partial charge in [0.1, 0.15) is 11.3 Å². The highest BCUT2D eigenvalue weighted by Crippen LogP contribution is 2.35. The van der Waals surface area contributed by atoms with Crippen molar-refractivity contribution in [2.45, 2.75) is 37.9 Å². The molecule has 3 aromatic heterocycles.